The third kappa shape index (κ3) is 212. The quantitative estimate of drug-likeness (QED) is 0.244. The van der Waals surface area contributed by atoms with Crippen LogP contribution in [0.5, 0.6) is 0 Å². The molecule has 0 aliphatic heterocycles. The molecule has 0 spiro atoms. The van der Waals surface area contributed by atoms with Crippen LogP contribution in [0.1, 0.15) is 152 Å². The second kappa shape index (κ2) is 96.9. The summed E-state index contributed by atoms with van der Waals surface area (Å²) in [4.78, 5) is 0. The summed E-state index contributed by atoms with van der Waals surface area (Å²) in [5.74, 6) is 0. The number of hydrogen-bond donors (Lipinski definition) is 0. The van der Waals surface area contributed by atoms with E-state index >= 15 is 0 Å². The summed E-state index contributed by atoms with van der Waals surface area (Å²) >= 11 is 1.16. The van der Waals surface area contributed by atoms with Crippen LogP contribution in [-0.2, 0) is 54.2 Å². The maximum Gasteiger partial charge on any atom is 4.00 e. The Kier molecular flexibility index (Phi) is 154. The molecule has 0 heterocycles. The molecule has 0 aromatic heterocycles. The van der Waals surface area contributed by atoms with Gasteiger partial charge in [-0.2, -0.15) is 0 Å². The first-order chi connectivity index (χ1) is 19.2. The Balaban J connectivity index is -0.0000000406. The summed E-state index contributed by atoms with van der Waals surface area (Å²) in [5, 5.41) is 66.7. The van der Waals surface area contributed by atoms with Crippen LogP contribution in [0.4, 0.5) is 0 Å². The van der Waals surface area contributed by atoms with Crippen LogP contribution in [0.3, 0.4) is 0 Å². The van der Waals surface area contributed by atoms with Gasteiger partial charge in [-0.25, -0.2) is 0 Å². The van der Waals surface area contributed by atoms with E-state index in [0.717, 1.165) is 115 Å². The van der Waals surface area contributed by atoms with E-state index in [1.54, 1.807) is 0 Å². The van der Waals surface area contributed by atoms with Crippen LogP contribution in [-0.4, -0.2) is 52.4 Å². The maximum absolute atomic E-state index is 9.53. The van der Waals surface area contributed by atoms with Gasteiger partial charge in [0.25, 0.3) is 0 Å². The third-order valence-electron chi connectivity index (χ3n) is 3.72. The Bertz CT molecular complexity index is 197. The van der Waals surface area contributed by atoms with E-state index in [1.807, 2.05) is 62.3 Å². The summed E-state index contributed by atoms with van der Waals surface area (Å²) in [6.45, 7) is 18.8. The van der Waals surface area contributed by atoms with Crippen LogP contribution in [0.15, 0.2) is 0 Å². The average molecular weight is 753 g/mol. The molecule has 0 aromatic rings. The van der Waals surface area contributed by atoms with E-state index in [9.17, 15) is 35.7 Å². The third-order valence-corrected chi connectivity index (χ3v) is 4.88. The molecule has 8 nitrogen and oxygen atoms in total. The van der Waals surface area contributed by atoms with Gasteiger partial charge in [0.15, 0.2) is 0 Å². The van der Waals surface area contributed by atoms with Gasteiger partial charge in [0.05, 0.1) is 0 Å². The Hall–Kier alpha value is 1.45. The largest absolute Gasteiger partial charge is 4.00 e. The number of unbranched alkanes of at least 4 members (excludes halogenated alkanes) is 7. The number of hydrogen-bond acceptors (Lipinski definition) is 8. The summed E-state index contributed by atoms with van der Waals surface area (Å²) in [5.41, 5.74) is 0. The molecule has 0 aromatic carbocycles. The molecule has 0 rings (SSSR count). The minimum Gasteiger partial charge on any atom is -0.854 e. The van der Waals surface area contributed by atoms with E-state index < -0.39 is 0 Å². The molecule has 0 N–H and O–H groups in total. The molecule has 0 radical (unpaired) electrons. The van der Waals surface area contributed by atoms with Crippen LogP contribution in [0.2, 0.25) is 0 Å². The van der Waals surface area contributed by atoms with E-state index in [1.165, 1.54) is 0 Å². The molecule has 0 bridgehead atoms. The van der Waals surface area contributed by atoms with E-state index in [-0.39, 0.29) is 72.5 Å². The van der Waals surface area contributed by atoms with Crippen molar-refractivity contribution in [2.75, 3.05) is 46.2 Å². The van der Waals surface area contributed by atoms with Gasteiger partial charge in [-0.3, -0.25) is 0 Å². The first kappa shape index (κ1) is 65.2. The van der Waals surface area contributed by atoms with Crippen LogP contribution >= 0.6 is 0 Å². The van der Waals surface area contributed by atoms with Crippen molar-refractivity contribution in [1.82, 2.24) is 0 Å². The SMILES string of the molecule is CC(C)[O][Zr+3].CCCC[O-].CCCC[O-].CCCC[O-].CCCC[O-].CCCC[O-].CCCC[O-].CCCC[O-].[Zr+4]. The fourth-order valence-corrected chi connectivity index (χ4v) is 1.01. The van der Waals surface area contributed by atoms with Crippen molar-refractivity contribution in [2.24, 2.45) is 0 Å². The maximum atomic E-state index is 9.53. The van der Waals surface area contributed by atoms with Crippen molar-refractivity contribution < 1.29 is 89.9 Å². The Labute approximate surface area is 292 Å². The first-order valence-electron chi connectivity index (χ1n) is 15.6. The van der Waals surface area contributed by atoms with Crippen LogP contribution < -0.4 is 35.7 Å². The smallest absolute Gasteiger partial charge is 0.854 e. The van der Waals surface area contributed by atoms with Gasteiger partial charge >= 0.3 is 74.1 Å². The molecule has 0 amide bonds. The zero-order valence-electron chi connectivity index (χ0n) is 28.7. The van der Waals surface area contributed by atoms with Crippen molar-refractivity contribution >= 4 is 0 Å². The van der Waals surface area contributed by atoms with E-state index in [2.05, 4.69) is 0 Å². The molecule has 41 heavy (non-hydrogen) atoms. The van der Waals surface area contributed by atoms with Crippen molar-refractivity contribution in [2.45, 2.75) is 158 Å². The normalized spacial score (nSPS) is 8.37. The van der Waals surface area contributed by atoms with Gasteiger partial charge in [0.2, 0.25) is 0 Å². The Morgan fingerprint density at radius 2 is 0.488 bits per heavy atom. The summed E-state index contributed by atoms with van der Waals surface area (Å²) in [6, 6.07) is 0. The molecular formula is C31H70O8Zr2. The minimum atomic E-state index is 0. The second-order valence-corrected chi connectivity index (χ2v) is 9.15. The predicted molar refractivity (Wildman–Crippen MR) is 155 cm³/mol. The molecule has 0 saturated heterocycles. The Morgan fingerprint density at radius 1 is 0.390 bits per heavy atom. The van der Waals surface area contributed by atoms with Crippen LogP contribution in [0, 0.1) is 0 Å². The molecule has 0 unspecified atom stereocenters. The summed E-state index contributed by atoms with van der Waals surface area (Å²) in [6.07, 6.45) is 13.5. The minimum absolute atomic E-state index is 0. The second-order valence-electron chi connectivity index (χ2n) is 8.57. The van der Waals surface area contributed by atoms with Gasteiger partial charge in [0.1, 0.15) is 0 Å². The molecule has 0 aliphatic carbocycles. The fraction of sp³-hybridized carbons (Fsp3) is 1.00. The molecule has 250 valence electrons. The van der Waals surface area contributed by atoms with Crippen molar-refractivity contribution in [3.8, 4) is 0 Å². The van der Waals surface area contributed by atoms with Gasteiger partial charge < -0.3 is 35.7 Å². The Morgan fingerprint density at radius 3 is 0.488 bits per heavy atom. The predicted octanol–water partition coefficient (Wildman–Crippen LogP) is 1.90. The van der Waals surface area contributed by atoms with Crippen molar-refractivity contribution in [3.63, 3.8) is 0 Å². The summed E-state index contributed by atoms with van der Waals surface area (Å²) < 4.78 is 4.84. The molecule has 0 saturated carbocycles. The van der Waals surface area contributed by atoms with Crippen molar-refractivity contribution in [1.29, 1.82) is 0 Å². The molecule has 0 aliphatic rings. The first-order valence-corrected chi connectivity index (χ1v) is 16.6. The monoisotopic (exact) mass is 750 g/mol. The summed E-state index contributed by atoms with van der Waals surface area (Å²) in [7, 11) is 0. The topological polar surface area (TPSA) is 171 Å². The van der Waals surface area contributed by atoms with E-state index in [0.29, 0.717) is 6.10 Å². The van der Waals surface area contributed by atoms with Gasteiger partial charge in [-0.1, -0.05) is 138 Å². The standard InChI is InChI=1S/7C4H9O.C3H7O.2Zr/c7*1-2-3-4-5;1-3(2)4;;/h7*2-4H2,1H3;3H,1-2H3;;/q8*-1;2*+4. The number of rotatable bonds is 15. The molecular weight excluding hydrogens is 683 g/mol. The molecule has 10 heteroatoms. The fourth-order valence-electron chi connectivity index (χ4n) is 1.01. The zero-order chi connectivity index (χ0) is 33.1. The van der Waals surface area contributed by atoms with Gasteiger partial charge in [-0.15, -0.1) is 46.2 Å². The van der Waals surface area contributed by atoms with Gasteiger partial charge in [0, 0.05) is 0 Å². The van der Waals surface area contributed by atoms with E-state index in [4.69, 9.17) is 2.81 Å². The molecule has 0 atom stereocenters. The van der Waals surface area contributed by atoms with Crippen molar-refractivity contribution in [3.05, 3.63) is 0 Å². The molecule has 0 fully saturated rings. The average Bonchev–Trinajstić information content (AvgIpc) is 2.94. The zero-order valence-corrected chi connectivity index (χ0v) is 33.6. The van der Waals surface area contributed by atoms with Crippen LogP contribution in [0.25, 0.3) is 0 Å². The van der Waals surface area contributed by atoms with Gasteiger partial charge in [-0.05, 0) is 0 Å².